The van der Waals surface area contributed by atoms with Gasteiger partial charge in [0.05, 0.1) is 18.8 Å². The van der Waals surface area contributed by atoms with Crippen molar-refractivity contribution in [1.82, 2.24) is 15.1 Å². The number of carbonyl (C=O) groups excluding carboxylic acids is 2. The fraction of sp³-hybridized carbons (Fsp3) is 0.857. The Morgan fingerprint density at radius 3 is 2.74 bits per heavy atom. The van der Waals surface area contributed by atoms with Gasteiger partial charge in [0.15, 0.2) is 0 Å². The molecule has 0 aliphatic carbocycles. The number of carbonyl (C=O) groups is 2. The fourth-order valence-electron chi connectivity index (χ4n) is 2.87. The molecule has 3 amide bonds. The maximum atomic E-state index is 12.5. The molecule has 0 aromatic rings. The molecule has 0 saturated carbocycles. The van der Waals surface area contributed by atoms with Crippen LogP contribution in [0.3, 0.4) is 0 Å². The molecule has 6 nitrogen and oxygen atoms in total. The summed E-state index contributed by atoms with van der Waals surface area (Å²) in [6, 6.07) is -1.47. The number of rotatable bonds is 2. The molecule has 9 heteroatoms. The van der Waals surface area contributed by atoms with Crippen molar-refractivity contribution in [2.75, 3.05) is 26.2 Å². The van der Waals surface area contributed by atoms with E-state index < -0.39 is 30.7 Å². The molecule has 2 fully saturated rings. The lowest BCUT2D eigenvalue weighted by molar-refractivity contribution is -0.164. The number of nitrogens with zero attached hydrogens (tertiary/aromatic N) is 2. The highest BCUT2D eigenvalue weighted by atomic mass is 19.4. The van der Waals surface area contributed by atoms with E-state index in [4.69, 9.17) is 4.74 Å². The van der Waals surface area contributed by atoms with Crippen molar-refractivity contribution < 1.29 is 27.5 Å². The number of piperidine rings is 1. The highest BCUT2D eigenvalue weighted by Gasteiger charge is 2.38. The van der Waals surface area contributed by atoms with Crippen LogP contribution in [0, 0.1) is 0 Å². The van der Waals surface area contributed by atoms with Gasteiger partial charge in [-0.2, -0.15) is 13.2 Å². The second-order valence-corrected chi connectivity index (χ2v) is 6.16. The molecule has 132 valence electrons. The molecule has 2 saturated heterocycles. The Morgan fingerprint density at radius 2 is 2.09 bits per heavy atom. The van der Waals surface area contributed by atoms with E-state index in [1.54, 1.807) is 4.90 Å². The summed E-state index contributed by atoms with van der Waals surface area (Å²) in [5.41, 5.74) is 0. The molecule has 3 atom stereocenters. The number of alkyl halides is 3. The number of halogens is 3. The number of urea groups is 1. The number of morpholine rings is 1. The summed E-state index contributed by atoms with van der Waals surface area (Å²) in [5.74, 6) is -0.670. The SMILES string of the molecule is C[C@@H]1CN(C(=O)N[C@H]2CCCN(CC(F)(F)F)C2=O)[C@@H](C)CO1. The Balaban J connectivity index is 1.95. The lowest BCUT2D eigenvalue weighted by atomic mass is 10.0. The first-order valence-electron chi connectivity index (χ1n) is 7.71. The van der Waals surface area contributed by atoms with Gasteiger partial charge in [-0.1, -0.05) is 0 Å². The molecular formula is C14H22F3N3O3. The third kappa shape index (κ3) is 4.73. The molecule has 23 heavy (non-hydrogen) atoms. The van der Waals surface area contributed by atoms with Crippen LogP contribution in [0.15, 0.2) is 0 Å². The summed E-state index contributed by atoms with van der Waals surface area (Å²) in [6.07, 6.45) is -3.76. The standard InChI is InChI=1S/C14H22F3N3O3/c1-9-7-23-10(2)6-20(9)13(22)18-11-4-3-5-19(12(11)21)8-14(15,16)17/h9-11H,3-8H2,1-2H3,(H,18,22)/t9-,10+,11-/m0/s1. The third-order valence-corrected chi connectivity index (χ3v) is 4.07. The second kappa shape index (κ2) is 6.94. The summed E-state index contributed by atoms with van der Waals surface area (Å²) in [4.78, 5) is 26.8. The van der Waals surface area contributed by atoms with Gasteiger partial charge in [0.25, 0.3) is 0 Å². The van der Waals surface area contributed by atoms with Crippen LogP contribution in [-0.4, -0.2) is 72.3 Å². The van der Waals surface area contributed by atoms with Crippen LogP contribution in [0.4, 0.5) is 18.0 Å². The van der Waals surface area contributed by atoms with E-state index in [1.165, 1.54) is 0 Å². The quantitative estimate of drug-likeness (QED) is 0.828. The lowest BCUT2D eigenvalue weighted by Gasteiger charge is -2.39. The molecule has 0 radical (unpaired) electrons. The van der Waals surface area contributed by atoms with Crippen LogP contribution in [0.25, 0.3) is 0 Å². The number of likely N-dealkylation sites (tertiary alicyclic amines) is 1. The van der Waals surface area contributed by atoms with Crippen molar-refractivity contribution in [2.24, 2.45) is 0 Å². The minimum absolute atomic E-state index is 0.0652. The largest absolute Gasteiger partial charge is 0.406 e. The average molecular weight is 337 g/mol. The number of nitrogens with one attached hydrogen (secondary N) is 1. The predicted octanol–water partition coefficient (Wildman–Crippen LogP) is 1.36. The zero-order valence-electron chi connectivity index (χ0n) is 13.2. The molecule has 2 heterocycles. The minimum atomic E-state index is -4.43. The molecule has 0 aromatic carbocycles. The van der Waals surface area contributed by atoms with Gasteiger partial charge in [0.1, 0.15) is 12.6 Å². The summed E-state index contributed by atoms with van der Waals surface area (Å²) < 4.78 is 42.9. The summed E-state index contributed by atoms with van der Waals surface area (Å²) in [7, 11) is 0. The zero-order chi connectivity index (χ0) is 17.2. The average Bonchev–Trinajstić information content (AvgIpc) is 2.44. The van der Waals surface area contributed by atoms with Gasteiger partial charge in [0.2, 0.25) is 5.91 Å². The van der Waals surface area contributed by atoms with E-state index in [0.29, 0.717) is 26.0 Å². The lowest BCUT2D eigenvalue weighted by Crippen LogP contribution is -2.59. The van der Waals surface area contributed by atoms with E-state index in [-0.39, 0.29) is 18.7 Å². The van der Waals surface area contributed by atoms with E-state index in [2.05, 4.69) is 5.32 Å². The fourth-order valence-corrected chi connectivity index (χ4v) is 2.87. The first-order chi connectivity index (χ1) is 10.7. The van der Waals surface area contributed by atoms with E-state index >= 15 is 0 Å². The Kier molecular flexibility index (Phi) is 5.38. The Morgan fingerprint density at radius 1 is 1.39 bits per heavy atom. The van der Waals surface area contributed by atoms with Gasteiger partial charge in [-0.25, -0.2) is 4.79 Å². The van der Waals surface area contributed by atoms with E-state index in [0.717, 1.165) is 4.90 Å². The molecule has 2 aliphatic heterocycles. The number of hydrogen-bond donors (Lipinski definition) is 1. The van der Waals surface area contributed by atoms with Gasteiger partial charge < -0.3 is 19.9 Å². The Hall–Kier alpha value is -1.51. The summed E-state index contributed by atoms with van der Waals surface area (Å²) in [6.45, 7) is 3.24. The zero-order valence-corrected chi connectivity index (χ0v) is 13.2. The van der Waals surface area contributed by atoms with Crippen molar-refractivity contribution in [3.05, 3.63) is 0 Å². The van der Waals surface area contributed by atoms with Crippen LogP contribution < -0.4 is 5.32 Å². The smallest absolute Gasteiger partial charge is 0.375 e. The first-order valence-corrected chi connectivity index (χ1v) is 7.71. The van der Waals surface area contributed by atoms with Crippen LogP contribution in [-0.2, 0) is 9.53 Å². The highest BCUT2D eigenvalue weighted by molar-refractivity contribution is 5.87. The molecule has 2 aliphatic rings. The molecule has 1 N–H and O–H groups in total. The summed E-state index contributed by atoms with van der Waals surface area (Å²) in [5, 5.41) is 2.58. The van der Waals surface area contributed by atoms with Gasteiger partial charge in [-0.05, 0) is 26.7 Å². The normalized spacial score (nSPS) is 29.6. The van der Waals surface area contributed by atoms with Gasteiger partial charge in [-0.3, -0.25) is 4.79 Å². The highest BCUT2D eigenvalue weighted by Crippen LogP contribution is 2.21. The molecule has 0 aromatic heterocycles. The maximum Gasteiger partial charge on any atom is 0.406 e. The van der Waals surface area contributed by atoms with E-state index in [1.807, 2.05) is 13.8 Å². The van der Waals surface area contributed by atoms with Gasteiger partial charge >= 0.3 is 12.2 Å². The number of amides is 3. The number of hydrogen-bond acceptors (Lipinski definition) is 3. The maximum absolute atomic E-state index is 12.5. The third-order valence-electron chi connectivity index (χ3n) is 4.07. The van der Waals surface area contributed by atoms with Crippen molar-refractivity contribution in [1.29, 1.82) is 0 Å². The Bertz CT molecular complexity index is 458. The van der Waals surface area contributed by atoms with Gasteiger partial charge in [0, 0.05) is 13.1 Å². The van der Waals surface area contributed by atoms with E-state index in [9.17, 15) is 22.8 Å². The molecule has 0 unspecified atom stereocenters. The van der Waals surface area contributed by atoms with Crippen molar-refractivity contribution >= 4 is 11.9 Å². The molecular weight excluding hydrogens is 315 g/mol. The monoisotopic (exact) mass is 337 g/mol. The van der Waals surface area contributed by atoms with Crippen LogP contribution >= 0.6 is 0 Å². The van der Waals surface area contributed by atoms with Crippen LogP contribution in [0.1, 0.15) is 26.7 Å². The molecule has 2 rings (SSSR count). The van der Waals surface area contributed by atoms with Crippen molar-refractivity contribution in [2.45, 2.75) is 51.1 Å². The van der Waals surface area contributed by atoms with Crippen molar-refractivity contribution in [3.63, 3.8) is 0 Å². The van der Waals surface area contributed by atoms with Gasteiger partial charge in [-0.15, -0.1) is 0 Å². The minimum Gasteiger partial charge on any atom is -0.375 e. The topological polar surface area (TPSA) is 61.9 Å². The molecule has 0 bridgehead atoms. The number of ether oxygens (including phenoxy) is 1. The Labute approximate surface area is 132 Å². The predicted molar refractivity (Wildman–Crippen MR) is 75.8 cm³/mol. The summed E-state index contributed by atoms with van der Waals surface area (Å²) >= 11 is 0. The molecule has 0 spiro atoms. The van der Waals surface area contributed by atoms with Crippen molar-refractivity contribution in [3.8, 4) is 0 Å². The van der Waals surface area contributed by atoms with Crippen LogP contribution in [0.2, 0.25) is 0 Å². The second-order valence-electron chi connectivity index (χ2n) is 6.16. The first kappa shape index (κ1) is 17.8. The van der Waals surface area contributed by atoms with Crippen LogP contribution in [0.5, 0.6) is 0 Å².